The van der Waals surface area contributed by atoms with Crippen LogP contribution in [-0.2, 0) is 0 Å². The Hall–Kier alpha value is -1.86. The normalized spacial score (nSPS) is 13.8. The smallest absolute Gasteiger partial charge is 0.0113 e. The average Bonchev–Trinajstić information content (AvgIpc) is 2.58. The summed E-state index contributed by atoms with van der Waals surface area (Å²) in [6.07, 6.45) is 5.42. The standard InChI is InChI=1S/C17H17N/c18-12-11-17-15-7-3-1-5-13(15)9-10-14-6-2-4-8-16(14)17/h1-10,17H,11-12,18H2. The lowest BCUT2D eigenvalue weighted by atomic mass is 9.85. The summed E-state index contributed by atoms with van der Waals surface area (Å²) in [5.41, 5.74) is 11.2. The lowest BCUT2D eigenvalue weighted by molar-refractivity contribution is 0.725. The zero-order chi connectivity index (χ0) is 12.4. The Labute approximate surface area is 108 Å². The Kier molecular flexibility index (Phi) is 2.99. The van der Waals surface area contributed by atoms with Crippen LogP contribution in [0.15, 0.2) is 48.5 Å². The molecule has 0 amide bonds. The van der Waals surface area contributed by atoms with Gasteiger partial charge in [-0.1, -0.05) is 60.7 Å². The molecule has 18 heavy (non-hydrogen) atoms. The zero-order valence-corrected chi connectivity index (χ0v) is 10.3. The van der Waals surface area contributed by atoms with Gasteiger partial charge in [0.05, 0.1) is 0 Å². The second-order valence-corrected chi connectivity index (χ2v) is 4.72. The highest BCUT2D eigenvalue weighted by atomic mass is 14.5. The van der Waals surface area contributed by atoms with Crippen LogP contribution in [0.5, 0.6) is 0 Å². The Morgan fingerprint density at radius 3 is 1.78 bits per heavy atom. The van der Waals surface area contributed by atoms with Crippen LogP contribution in [0.3, 0.4) is 0 Å². The molecule has 1 nitrogen and oxygen atoms in total. The van der Waals surface area contributed by atoms with Gasteiger partial charge in [0.2, 0.25) is 0 Å². The molecule has 0 fully saturated rings. The summed E-state index contributed by atoms with van der Waals surface area (Å²) in [4.78, 5) is 0. The maximum absolute atomic E-state index is 5.80. The van der Waals surface area contributed by atoms with Crippen LogP contribution in [0.2, 0.25) is 0 Å². The molecule has 2 aromatic rings. The van der Waals surface area contributed by atoms with Gasteiger partial charge in [-0.25, -0.2) is 0 Å². The monoisotopic (exact) mass is 235 g/mol. The summed E-state index contributed by atoms with van der Waals surface area (Å²) in [6, 6.07) is 17.2. The molecule has 0 spiro atoms. The number of benzene rings is 2. The van der Waals surface area contributed by atoms with Crippen molar-refractivity contribution in [1.82, 2.24) is 0 Å². The minimum atomic E-state index is 0.414. The molecule has 1 aliphatic carbocycles. The number of nitrogens with two attached hydrogens (primary N) is 1. The highest BCUT2D eigenvalue weighted by molar-refractivity contribution is 5.76. The molecule has 0 unspecified atom stereocenters. The predicted molar refractivity (Wildman–Crippen MR) is 77.3 cm³/mol. The Balaban J connectivity index is 2.20. The summed E-state index contributed by atoms with van der Waals surface area (Å²) in [6.45, 7) is 0.716. The van der Waals surface area contributed by atoms with E-state index in [2.05, 4.69) is 60.7 Å². The van der Waals surface area contributed by atoms with E-state index in [-0.39, 0.29) is 0 Å². The highest BCUT2D eigenvalue weighted by Crippen LogP contribution is 2.36. The van der Waals surface area contributed by atoms with Crippen molar-refractivity contribution < 1.29 is 0 Å². The molecule has 0 bridgehead atoms. The molecule has 0 saturated heterocycles. The minimum Gasteiger partial charge on any atom is -0.330 e. The van der Waals surface area contributed by atoms with Crippen molar-refractivity contribution in [3.8, 4) is 0 Å². The van der Waals surface area contributed by atoms with Gasteiger partial charge in [-0.15, -0.1) is 0 Å². The minimum absolute atomic E-state index is 0.414. The van der Waals surface area contributed by atoms with Gasteiger partial charge in [-0.2, -0.15) is 0 Å². The number of fused-ring (bicyclic) bond motifs is 2. The molecule has 0 aliphatic heterocycles. The second-order valence-electron chi connectivity index (χ2n) is 4.72. The van der Waals surface area contributed by atoms with Gasteiger partial charge in [0, 0.05) is 5.92 Å². The van der Waals surface area contributed by atoms with Crippen LogP contribution in [0.1, 0.15) is 34.6 Å². The van der Waals surface area contributed by atoms with Crippen molar-refractivity contribution in [3.05, 3.63) is 70.8 Å². The first-order chi connectivity index (χ1) is 8.90. The molecular formula is C17H17N. The third-order valence-corrected chi connectivity index (χ3v) is 3.64. The fraction of sp³-hybridized carbons (Fsp3) is 0.176. The number of hydrogen-bond acceptors (Lipinski definition) is 1. The summed E-state index contributed by atoms with van der Waals surface area (Å²) >= 11 is 0. The first-order valence-corrected chi connectivity index (χ1v) is 6.46. The molecule has 0 saturated carbocycles. The fourth-order valence-electron chi connectivity index (χ4n) is 2.78. The fourth-order valence-corrected chi connectivity index (χ4v) is 2.78. The summed E-state index contributed by atoms with van der Waals surface area (Å²) in [5, 5.41) is 0. The number of rotatable bonds is 2. The van der Waals surface area contributed by atoms with E-state index < -0.39 is 0 Å². The second kappa shape index (κ2) is 4.79. The lowest BCUT2D eigenvalue weighted by Gasteiger charge is -2.19. The van der Waals surface area contributed by atoms with Crippen LogP contribution in [0.4, 0.5) is 0 Å². The van der Waals surface area contributed by atoms with E-state index in [1.165, 1.54) is 22.3 Å². The largest absolute Gasteiger partial charge is 0.330 e. The van der Waals surface area contributed by atoms with E-state index in [1.807, 2.05) is 0 Å². The SMILES string of the molecule is NCCC1c2ccccc2C=Cc2ccccc21. The maximum atomic E-state index is 5.80. The Morgan fingerprint density at radius 2 is 1.28 bits per heavy atom. The van der Waals surface area contributed by atoms with E-state index in [0.29, 0.717) is 12.5 Å². The summed E-state index contributed by atoms with van der Waals surface area (Å²) in [5.74, 6) is 0.414. The lowest BCUT2D eigenvalue weighted by Crippen LogP contribution is -2.10. The first kappa shape index (κ1) is 11.2. The van der Waals surface area contributed by atoms with Gasteiger partial charge in [0.25, 0.3) is 0 Å². The highest BCUT2D eigenvalue weighted by Gasteiger charge is 2.19. The third kappa shape index (κ3) is 1.87. The molecule has 0 atom stereocenters. The van der Waals surface area contributed by atoms with Crippen molar-refractivity contribution in [2.75, 3.05) is 6.54 Å². The summed E-state index contributed by atoms with van der Waals surface area (Å²) in [7, 11) is 0. The molecular weight excluding hydrogens is 218 g/mol. The molecule has 0 aromatic heterocycles. The van der Waals surface area contributed by atoms with E-state index >= 15 is 0 Å². The zero-order valence-electron chi connectivity index (χ0n) is 10.3. The van der Waals surface area contributed by atoms with Gasteiger partial charge in [0.15, 0.2) is 0 Å². The predicted octanol–water partition coefficient (Wildman–Crippen LogP) is 3.65. The quantitative estimate of drug-likeness (QED) is 0.844. The van der Waals surface area contributed by atoms with Gasteiger partial charge in [0.1, 0.15) is 0 Å². The van der Waals surface area contributed by atoms with E-state index in [9.17, 15) is 0 Å². The van der Waals surface area contributed by atoms with Gasteiger partial charge in [-0.05, 0) is 35.2 Å². The van der Waals surface area contributed by atoms with Gasteiger partial charge < -0.3 is 5.73 Å². The topological polar surface area (TPSA) is 26.0 Å². The van der Waals surface area contributed by atoms with Crippen LogP contribution in [0, 0.1) is 0 Å². The number of hydrogen-bond donors (Lipinski definition) is 1. The van der Waals surface area contributed by atoms with Gasteiger partial charge >= 0.3 is 0 Å². The summed E-state index contributed by atoms with van der Waals surface area (Å²) < 4.78 is 0. The van der Waals surface area contributed by atoms with Crippen molar-refractivity contribution in [2.45, 2.75) is 12.3 Å². The van der Waals surface area contributed by atoms with Crippen molar-refractivity contribution >= 4 is 12.2 Å². The Bertz CT molecular complexity index is 534. The van der Waals surface area contributed by atoms with Crippen LogP contribution >= 0.6 is 0 Å². The first-order valence-electron chi connectivity index (χ1n) is 6.46. The van der Waals surface area contributed by atoms with Crippen LogP contribution < -0.4 is 5.73 Å². The van der Waals surface area contributed by atoms with Gasteiger partial charge in [-0.3, -0.25) is 0 Å². The van der Waals surface area contributed by atoms with Crippen molar-refractivity contribution in [1.29, 1.82) is 0 Å². The maximum Gasteiger partial charge on any atom is 0.0113 e. The molecule has 3 rings (SSSR count). The van der Waals surface area contributed by atoms with Crippen molar-refractivity contribution in [3.63, 3.8) is 0 Å². The Morgan fingerprint density at radius 1 is 0.778 bits per heavy atom. The van der Waals surface area contributed by atoms with Crippen LogP contribution in [0.25, 0.3) is 12.2 Å². The van der Waals surface area contributed by atoms with E-state index in [0.717, 1.165) is 6.42 Å². The average molecular weight is 235 g/mol. The van der Waals surface area contributed by atoms with Crippen molar-refractivity contribution in [2.24, 2.45) is 5.73 Å². The third-order valence-electron chi connectivity index (χ3n) is 3.64. The van der Waals surface area contributed by atoms with Crippen LogP contribution in [-0.4, -0.2) is 6.54 Å². The molecule has 0 heterocycles. The molecule has 1 heteroatoms. The van der Waals surface area contributed by atoms with E-state index in [1.54, 1.807) is 0 Å². The molecule has 90 valence electrons. The molecule has 2 N–H and O–H groups in total. The molecule has 2 aromatic carbocycles. The molecule has 1 aliphatic rings. The van der Waals surface area contributed by atoms with E-state index in [4.69, 9.17) is 5.73 Å². The molecule has 0 radical (unpaired) electrons.